The van der Waals surface area contributed by atoms with E-state index >= 15 is 0 Å². The Morgan fingerprint density at radius 1 is 1.38 bits per heavy atom. The summed E-state index contributed by atoms with van der Waals surface area (Å²) in [7, 11) is 0. The van der Waals surface area contributed by atoms with Crippen molar-refractivity contribution in [3.05, 3.63) is 23.7 Å². The van der Waals surface area contributed by atoms with Gasteiger partial charge in [-0.15, -0.1) is 0 Å². The topological polar surface area (TPSA) is 29.4 Å². The first-order valence-electron chi connectivity index (χ1n) is 3.19. The van der Waals surface area contributed by atoms with Gasteiger partial charge in [-0.25, -0.2) is 13.8 Å². The zero-order valence-electron chi connectivity index (χ0n) is 6.15. The van der Waals surface area contributed by atoms with Crippen LogP contribution < -0.4 is 0 Å². The molecule has 0 atom stereocenters. The van der Waals surface area contributed by atoms with Gasteiger partial charge in [0, 0.05) is 6.08 Å². The van der Waals surface area contributed by atoms with Crippen LogP contribution in [-0.4, -0.2) is 11.7 Å². The summed E-state index contributed by atoms with van der Waals surface area (Å²) in [6, 6.07) is -2.11. The van der Waals surface area contributed by atoms with Crippen LogP contribution in [0.1, 0.15) is 6.42 Å². The lowest BCUT2D eigenvalue weighted by Gasteiger charge is -1.89. The Hall–Kier alpha value is -1.46. The predicted molar refractivity (Wildman–Crippen MR) is 36.6 cm³/mol. The lowest BCUT2D eigenvalue weighted by Crippen LogP contribution is -2.04. The molecule has 0 aromatic heterocycles. The van der Waals surface area contributed by atoms with Gasteiger partial charge in [-0.3, -0.25) is 4.79 Å². The Bertz CT molecular complexity index is 342. The minimum atomic E-state index is -2.11. The van der Waals surface area contributed by atoms with Gasteiger partial charge in [0.2, 0.25) is 5.95 Å². The van der Waals surface area contributed by atoms with Gasteiger partial charge in [0.25, 0.3) is 0 Å². The molecule has 1 aliphatic heterocycles. The Kier molecular flexibility index (Phi) is 2.60. The van der Waals surface area contributed by atoms with Gasteiger partial charge in [-0.2, -0.15) is 8.78 Å². The number of hydrogen-bond acceptors (Lipinski definition) is 2. The molecule has 0 saturated carbocycles. The fourth-order valence-electron chi connectivity index (χ4n) is 0.720. The van der Waals surface area contributed by atoms with E-state index in [-0.39, 0.29) is 0 Å². The zero-order chi connectivity index (χ0) is 10.0. The van der Waals surface area contributed by atoms with E-state index in [1.807, 2.05) is 0 Å². The van der Waals surface area contributed by atoms with Crippen molar-refractivity contribution < 1.29 is 22.4 Å². The van der Waals surface area contributed by atoms with Crippen molar-refractivity contribution in [1.29, 1.82) is 0 Å². The Morgan fingerprint density at radius 2 is 2.00 bits per heavy atom. The predicted octanol–water partition coefficient (Wildman–Crippen LogP) is 2.29. The molecule has 1 rings (SSSR count). The number of carbonyl (C=O) groups is 1. The molecule has 0 saturated heterocycles. The molecule has 1 heterocycles. The SMILES string of the molecule is O=C(F)C1=NC(F)=C(F)CC(F)=C1. The highest BCUT2D eigenvalue weighted by Crippen LogP contribution is 2.22. The zero-order valence-corrected chi connectivity index (χ0v) is 6.15. The number of allylic oxidation sites excluding steroid dienone is 3. The summed E-state index contributed by atoms with van der Waals surface area (Å²) in [5.41, 5.74) is -1.08. The van der Waals surface area contributed by atoms with Crippen LogP contribution >= 0.6 is 0 Å². The normalized spacial score (nSPS) is 17.8. The third kappa shape index (κ3) is 2.24. The van der Waals surface area contributed by atoms with Gasteiger partial charge in [0.1, 0.15) is 11.5 Å². The highest BCUT2D eigenvalue weighted by molar-refractivity contribution is 6.41. The highest BCUT2D eigenvalue weighted by atomic mass is 19.2. The lowest BCUT2D eigenvalue weighted by atomic mass is 10.3. The van der Waals surface area contributed by atoms with E-state index in [0.717, 1.165) is 0 Å². The molecule has 6 heteroatoms. The number of aliphatic imine (C=N–C) groups is 1. The summed E-state index contributed by atoms with van der Waals surface area (Å²) < 4.78 is 49.3. The average Bonchev–Trinajstić information content (AvgIpc) is 2.12. The molecule has 1 aliphatic rings. The number of carbonyl (C=O) groups excluding carboxylic acids is 1. The van der Waals surface area contributed by atoms with E-state index in [2.05, 4.69) is 4.99 Å². The molecule has 0 amide bonds. The molecule has 13 heavy (non-hydrogen) atoms. The molecular weight excluding hydrogens is 190 g/mol. The smallest absolute Gasteiger partial charge is 0.254 e. The van der Waals surface area contributed by atoms with Gasteiger partial charge in [0.15, 0.2) is 5.83 Å². The van der Waals surface area contributed by atoms with Crippen LogP contribution in [0.15, 0.2) is 28.7 Å². The molecule has 2 nitrogen and oxygen atoms in total. The fraction of sp³-hybridized carbons (Fsp3) is 0.143. The lowest BCUT2D eigenvalue weighted by molar-refractivity contribution is -0.122. The van der Waals surface area contributed by atoms with Gasteiger partial charge < -0.3 is 0 Å². The van der Waals surface area contributed by atoms with Crippen molar-refractivity contribution in [3.8, 4) is 0 Å². The monoisotopic (exact) mass is 193 g/mol. The van der Waals surface area contributed by atoms with Gasteiger partial charge >= 0.3 is 6.04 Å². The van der Waals surface area contributed by atoms with Crippen LogP contribution in [0.2, 0.25) is 0 Å². The molecule has 0 N–H and O–H groups in total. The molecule has 0 bridgehead atoms. The minimum Gasteiger partial charge on any atom is -0.254 e. The van der Waals surface area contributed by atoms with Crippen molar-refractivity contribution in [3.63, 3.8) is 0 Å². The van der Waals surface area contributed by atoms with Crippen molar-refractivity contribution in [2.24, 2.45) is 4.99 Å². The van der Waals surface area contributed by atoms with Crippen molar-refractivity contribution >= 4 is 11.7 Å². The summed E-state index contributed by atoms with van der Waals surface area (Å²) in [6.07, 6.45) is -0.597. The second-order valence-electron chi connectivity index (χ2n) is 2.23. The second-order valence-corrected chi connectivity index (χ2v) is 2.23. The van der Waals surface area contributed by atoms with E-state index in [0.29, 0.717) is 6.08 Å². The Balaban J connectivity index is 3.15. The standard InChI is InChI=1S/C7H3F4NO/c8-3-1-4(9)6(10)12-5(2-3)7(11)13/h2H,1H2. The maximum absolute atomic E-state index is 12.5. The quantitative estimate of drug-likeness (QED) is 0.357. The molecule has 0 radical (unpaired) electrons. The van der Waals surface area contributed by atoms with E-state index in [9.17, 15) is 22.4 Å². The highest BCUT2D eigenvalue weighted by Gasteiger charge is 2.18. The average molecular weight is 193 g/mol. The van der Waals surface area contributed by atoms with Crippen LogP contribution in [0.25, 0.3) is 0 Å². The Labute approximate surface area is 70.3 Å². The van der Waals surface area contributed by atoms with Gasteiger partial charge in [-0.05, 0) is 0 Å². The first-order chi connectivity index (χ1) is 6.00. The number of hydrogen-bond donors (Lipinski definition) is 0. The molecule has 0 spiro atoms. The van der Waals surface area contributed by atoms with E-state index < -0.39 is 35.8 Å². The van der Waals surface area contributed by atoms with E-state index in [1.54, 1.807) is 0 Å². The van der Waals surface area contributed by atoms with Crippen LogP contribution in [0.4, 0.5) is 17.6 Å². The van der Waals surface area contributed by atoms with E-state index in [1.165, 1.54) is 0 Å². The van der Waals surface area contributed by atoms with E-state index in [4.69, 9.17) is 0 Å². The first kappa shape index (κ1) is 9.63. The van der Waals surface area contributed by atoms with Crippen molar-refractivity contribution in [2.45, 2.75) is 6.42 Å². The summed E-state index contributed by atoms with van der Waals surface area (Å²) in [5, 5.41) is 0. The van der Waals surface area contributed by atoms with Crippen LogP contribution in [0, 0.1) is 0 Å². The molecule has 0 unspecified atom stereocenters. The van der Waals surface area contributed by atoms with Crippen LogP contribution in [-0.2, 0) is 4.79 Å². The second kappa shape index (κ2) is 3.51. The van der Waals surface area contributed by atoms with Crippen LogP contribution in [0.3, 0.4) is 0 Å². The summed E-state index contributed by atoms with van der Waals surface area (Å²) in [5.74, 6) is -4.30. The third-order valence-electron chi connectivity index (χ3n) is 1.26. The fourth-order valence-corrected chi connectivity index (χ4v) is 0.720. The minimum absolute atomic E-state index is 0.356. The van der Waals surface area contributed by atoms with Gasteiger partial charge in [-0.1, -0.05) is 0 Å². The Morgan fingerprint density at radius 3 is 2.54 bits per heavy atom. The van der Waals surface area contributed by atoms with Gasteiger partial charge in [0.05, 0.1) is 6.42 Å². The maximum atomic E-state index is 12.5. The molecule has 70 valence electrons. The number of halogens is 4. The largest absolute Gasteiger partial charge is 0.350 e. The maximum Gasteiger partial charge on any atom is 0.350 e. The first-order valence-corrected chi connectivity index (χ1v) is 3.19. The summed E-state index contributed by atoms with van der Waals surface area (Å²) in [6.45, 7) is 0. The molecule has 0 aromatic rings. The molecular formula is C7H3F4NO. The number of nitrogens with zero attached hydrogens (tertiary/aromatic N) is 1. The van der Waals surface area contributed by atoms with Crippen LogP contribution in [0.5, 0.6) is 0 Å². The number of rotatable bonds is 1. The summed E-state index contributed by atoms with van der Waals surface area (Å²) in [4.78, 5) is 12.6. The molecule has 0 aromatic carbocycles. The molecule has 0 fully saturated rings. The summed E-state index contributed by atoms with van der Waals surface area (Å²) >= 11 is 0. The molecule has 0 aliphatic carbocycles. The third-order valence-corrected chi connectivity index (χ3v) is 1.26. The van der Waals surface area contributed by atoms with Crippen molar-refractivity contribution in [2.75, 3.05) is 0 Å². The van der Waals surface area contributed by atoms with Crippen molar-refractivity contribution in [1.82, 2.24) is 0 Å².